The molecule has 1 saturated heterocycles. The quantitative estimate of drug-likeness (QED) is 0.806. The summed E-state index contributed by atoms with van der Waals surface area (Å²) in [6.45, 7) is 5.93. The SMILES string of the molecule is CCC(CNC(=O)C(N)C1CCOCC1)Oc1ccccc1C. The van der Waals surface area contributed by atoms with Crippen LogP contribution in [0, 0.1) is 12.8 Å². The normalized spacial score (nSPS) is 18.2. The van der Waals surface area contributed by atoms with Gasteiger partial charge in [-0.3, -0.25) is 4.79 Å². The van der Waals surface area contributed by atoms with Crippen LogP contribution in [0.2, 0.25) is 0 Å². The molecule has 0 aliphatic carbocycles. The Balaban J connectivity index is 1.82. The number of hydrogen-bond donors (Lipinski definition) is 2. The van der Waals surface area contributed by atoms with Gasteiger partial charge in [0.1, 0.15) is 11.9 Å². The Kier molecular flexibility index (Phi) is 6.86. The first-order chi connectivity index (χ1) is 11.1. The van der Waals surface area contributed by atoms with Gasteiger partial charge in [0.25, 0.3) is 0 Å². The molecule has 0 bridgehead atoms. The molecule has 0 saturated carbocycles. The van der Waals surface area contributed by atoms with E-state index in [1.165, 1.54) is 0 Å². The summed E-state index contributed by atoms with van der Waals surface area (Å²) in [4.78, 5) is 12.2. The van der Waals surface area contributed by atoms with Crippen molar-refractivity contribution >= 4 is 5.91 Å². The second kappa shape index (κ2) is 8.89. The minimum absolute atomic E-state index is 0.0538. The van der Waals surface area contributed by atoms with Crippen molar-refractivity contribution < 1.29 is 14.3 Å². The van der Waals surface area contributed by atoms with E-state index in [-0.39, 0.29) is 17.9 Å². The largest absolute Gasteiger partial charge is 0.488 e. The van der Waals surface area contributed by atoms with Crippen LogP contribution in [-0.4, -0.2) is 37.8 Å². The molecule has 23 heavy (non-hydrogen) atoms. The van der Waals surface area contributed by atoms with E-state index in [1.54, 1.807) is 0 Å². The van der Waals surface area contributed by atoms with Gasteiger partial charge in [0.2, 0.25) is 5.91 Å². The molecule has 2 atom stereocenters. The fourth-order valence-corrected chi connectivity index (χ4v) is 2.76. The fraction of sp³-hybridized carbons (Fsp3) is 0.611. The monoisotopic (exact) mass is 320 g/mol. The molecule has 3 N–H and O–H groups in total. The Hall–Kier alpha value is -1.59. The second-order valence-corrected chi connectivity index (χ2v) is 6.13. The Morgan fingerprint density at radius 3 is 2.74 bits per heavy atom. The Morgan fingerprint density at radius 1 is 1.39 bits per heavy atom. The van der Waals surface area contributed by atoms with Crippen LogP contribution in [0.3, 0.4) is 0 Å². The lowest BCUT2D eigenvalue weighted by atomic mass is 9.92. The van der Waals surface area contributed by atoms with Crippen LogP contribution in [0.15, 0.2) is 24.3 Å². The van der Waals surface area contributed by atoms with Crippen molar-refractivity contribution in [3.05, 3.63) is 29.8 Å². The average Bonchev–Trinajstić information content (AvgIpc) is 2.60. The van der Waals surface area contributed by atoms with Crippen molar-refractivity contribution in [2.75, 3.05) is 19.8 Å². The summed E-state index contributed by atoms with van der Waals surface area (Å²) in [5.74, 6) is 0.979. The summed E-state index contributed by atoms with van der Waals surface area (Å²) in [7, 11) is 0. The van der Waals surface area contributed by atoms with E-state index < -0.39 is 6.04 Å². The lowest BCUT2D eigenvalue weighted by Crippen LogP contribution is -2.49. The molecule has 0 aromatic heterocycles. The maximum absolute atomic E-state index is 12.2. The highest BCUT2D eigenvalue weighted by Gasteiger charge is 2.26. The molecule has 0 spiro atoms. The van der Waals surface area contributed by atoms with Crippen molar-refractivity contribution in [3.8, 4) is 5.75 Å². The second-order valence-electron chi connectivity index (χ2n) is 6.13. The van der Waals surface area contributed by atoms with Crippen LogP contribution in [0.4, 0.5) is 0 Å². The molecule has 0 radical (unpaired) electrons. The maximum Gasteiger partial charge on any atom is 0.237 e. The first-order valence-electron chi connectivity index (χ1n) is 8.45. The molecular formula is C18H28N2O3. The molecule has 1 aromatic carbocycles. The Morgan fingerprint density at radius 2 is 2.09 bits per heavy atom. The molecule has 5 heteroatoms. The van der Waals surface area contributed by atoms with E-state index in [0.29, 0.717) is 19.8 Å². The number of ether oxygens (including phenoxy) is 2. The predicted molar refractivity (Wildman–Crippen MR) is 90.4 cm³/mol. The van der Waals surface area contributed by atoms with Crippen LogP contribution in [0.1, 0.15) is 31.7 Å². The standard InChI is InChI=1S/C18H28N2O3/c1-3-15(23-16-7-5-4-6-13(16)2)12-20-18(21)17(19)14-8-10-22-11-9-14/h4-7,14-15,17H,3,8-12,19H2,1-2H3,(H,20,21). The highest BCUT2D eigenvalue weighted by molar-refractivity contribution is 5.81. The third-order valence-electron chi connectivity index (χ3n) is 4.42. The van der Waals surface area contributed by atoms with E-state index in [1.807, 2.05) is 38.1 Å². The highest BCUT2D eigenvalue weighted by atomic mass is 16.5. The number of nitrogens with one attached hydrogen (secondary N) is 1. The predicted octanol–water partition coefficient (Wildman–Crippen LogP) is 2.02. The van der Waals surface area contributed by atoms with Gasteiger partial charge in [-0.05, 0) is 43.7 Å². The summed E-state index contributed by atoms with van der Waals surface area (Å²) in [5, 5.41) is 2.94. The number of aryl methyl sites for hydroxylation is 1. The topological polar surface area (TPSA) is 73.6 Å². The number of rotatable bonds is 7. The first kappa shape index (κ1) is 17.8. The molecule has 5 nitrogen and oxygen atoms in total. The fourth-order valence-electron chi connectivity index (χ4n) is 2.76. The van der Waals surface area contributed by atoms with Gasteiger partial charge >= 0.3 is 0 Å². The number of amides is 1. The van der Waals surface area contributed by atoms with Gasteiger partial charge in [-0.2, -0.15) is 0 Å². The van der Waals surface area contributed by atoms with Gasteiger partial charge in [-0.25, -0.2) is 0 Å². The molecule has 1 aliphatic rings. The van der Waals surface area contributed by atoms with Crippen molar-refractivity contribution in [1.82, 2.24) is 5.32 Å². The van der Waals surface area contributed by atoms with Gasteiger partial charge in [0, 0.05) is 13.2 Å². The molecule has 128 valence electrons. The van der Waals surface area contributed by atoms with Gasteiger partial charge in [0.05, 0.1) is 12.6 Å². The molecule has 2 rings (SSSR count). The lowest BCUT2D eigenvalue weighted by Gasteiger charge is -2.27. The van der Waals surface area contributed by atoms with Crippen molar-refractivity contribution in [1.29, 1.82) is 0 Å². The summed E-state index contributed by atoms with van der Waals surface area (Å²) >= 11 is 0. The van der Waals surface area contributed by atoms with Crippen molar-refractivity contribution in [2.24, 2.45) is 11.7 Å². The van der Waals surface area contributed by atoms with Crippen LogP contribution < -0.4 is 15.8 Å². The smallest absolute Gasteiger partial charge is 0.237 e. The first-order valence-corrected chi connectivity index (χ1v) is 8.45. The number of para-hydroxylation sites is 1. The molecular weight excluding hydrogens is 292 g/mol. The minimum atomic E-state index is -0.463. The van der Waals surface area contributed by atoms with Gasteiger partial charge in [0.15, 0.2) is 0 Å². The highest BCUT2D eigenvalue weighted by Crippen LogP contribution is 2.19. The van der Waals surface area contributed by atoms with E-state index in [2.05, 4.69) is 5.32 Å². The molecule has 1 aromatic rings. The van der Waals surface area contributed by atoms with Crippen molar-refractivity contribution in [3.63, 3.8) is 0 Å². The molecule has 2 unspecified atom stereocenters. The van der Waals surface area contributed by atoms with Crippen LogP contribution >= 0.6 is 0 Å². The van der Waals surface area contributed by atoms with Crippen LogP contribution in [0.5, 0.6) is 5.75 Å². The summed E-state index contributed by atoms with van der Waals surface area (Å²) in [6, 6.07) is 7.44. The molecule has 1 aliphatic heterocycles. The van der Waals surface area contributed by atoms with E-state index >= 15 is 0 Å². The average molecular weight is 320 g/mol. The third-order valence-corrected chi connectivity index (χ3v) is 4.42. The third kappa shape index (κ3) is 5.22. The summed E-state index contributed by atoms with van der Waals surface area (Å²) in [5.41, 5.74) is 7.18. The van der Waals surface area contributed by atoms with Gasteiger partial charge < -0.3 is 20.5 Å². The zero-order valence-corrected chi connectivity index (χ0v) is 14.1. The number of hydrogen-bond acceptors (Lipinski definition) is 4. The number of carbonyl (C=O) groups is 1. The number of benzene rings is 1. The molecule has 1 amide bonds. The molecule has 1 heterocycles. The summed E-state index contributed by atoms with van der Waals surface area (Å²) < 4.78 is 11.3. The van der Waals surface area contributed by atoms with Gasteiger partial charge in [-0.15, -0.1) is 0 Å². The Labute approximate surface area is 138 Å². The number of carbonyl (C=O) groups excluding carboxylic acids is 1. The van der Waals surface area contributed by atoms with E-state index in [9.17, 15) is 4.79 Å². The molecule has 1 fully saturated rings. The zero-order chi connectivity index (χ0) is 16.7. The maximum atomic E-state index is 12.2. The number of nitrogens with two attached hydrogens (primary N) is 1. The summed E-state index contributed by atoms with van der Waals surface area (Å²) in [6.07, 6.45) is 2.47. The van der Waals surface area contributed by atoms with Crippen molar-refractivity contribution in [2.45, 2.75) is 45.3 Å². The van der Waals surface area contributed by atoms with Crippen LogP contribution in [-0.2, 0) is 9.53 Å². The van der Waals surface area contributed by atoms with E-state index in [0.717, 1.165) is 30.6 Å². The zero-order valence-electron chi connectivity index (χ0n) is 14.1. The van der Waals surface area contributed by atoms with E-state index in [4.69, 9.17) is 15.2 Å². The minimum Gasteiger partial charge on any atom is -0.488 e. The lowest BCUT2D eigenvalue weighted by molar-refractivity contribution is -0.124. The van der Waals surface area contributed by atoms with Gasteiger partial charge in [-0.1, -0.05) is 25.1 Å². The van der Waals surface area contributed by atoms with Crippen LogP contribution in [0.25, 0.3) is 0 Å². The Bertz CT molecular complexity index is 501.